The highest BCUT2D eigenvalue weighted by Crippen LogP contribution is 2.40. The SMILES string of the molecule is Brc1cc(C2CC2)c[nH]1. The lowest BCUT2D eigenvalue weighted by Crippen LogP contribution is -1.67. The molecule has 2 heteroatoms. The molecule has 0 saturated heterocycles. The first-order valence-electron chi connectivity index (χ1n) is 3.20. The second-order valence-corrected chi connectivity index (χ2v) is 3.41. The number of hydrogen-bond donors (Lipinski definition) is 1. The van der Waals surface area contributed by atoms with Crippen molar-refractivity contribution in [1.29, 1.82) is 0 Å². The van der Waals surface area contributed by atoms with E-state index in [9.17, 15) is 0 Å². The number of aromatic nitrogens is 1. The Morgan fingerprint density at radius 3 is 2.78 bits per heavy atom. The third-order valence-electron chi connectivity index (χ3n) is 1.72. The topological polar surface area (TPSA) is 15.8 Å². The summed E-state index contributed by atoms with van der Waals surface area (Å²) in [6.45, 7) is 0. The van der Waals surface area contributed by atoms with Crippen LogP contribution in [0.15, 0.2) is 16.9 Å². The minimum absolute atomic E-state index is 0.868. The van der Waals surface area contributed by atoms with Gasteiger partial charge in [0.1, 0.15) is 0 Å². The summed E-state index contributed by atoms with van der Waals surface area (Å²) in [5.74, 6) is 0.868. The van der Waals surface area contributed by atoms with Crippen molar-refractivity contribution in [3.63, 3.8) is 0 Å². The quantitative estimate of drug-likeness (QED) is 0.693. The van der Waals surface area contributed by atoms with Crippen LogP contribution in [0, 0.1) is 0 Å². The fraction of sp³-hybridized carbons (Fsp3) is 0.429. The first-order valence-corrected chi connectivity index (χ1v) is 3.99. The zero-order chi connectivity index (χ0) is 6.27. The highest BCUT2D eigenvalue weighted by molar-refractivity contribution is 9.10. The van der Waals surface area contributed by atoms with E-state index >= 15 is 0 Å². The van der Waals surface area contributed by atoms with Gasteiger partial charge in [-0.15, -0.1) is 0 Å². The molecule has 1 aromatic heterocycles. The van der Waals surface area contributed by atoms with Crippen molar-refractivity contribution in [2.24, 2.45) is 0 Å². The van der Waals surface area contributed by atoms with E-state index in [2.05, 4.69) is 33.2 Å². The molecule has 0 aliphatic heterocycles. The van der Waals surface area contributed by atoms with Crippen molar-refractivity contribution in [2.45, 2.75) is 18.8 Å². The summed E-state index contributed by atoms with van der Waals surface area (Å²) in [5.41, 5.74) is 1.46. The van der Waals surface area contributed by atoms with Crippen LogP contribution in [0.2, 0.25) is 0 Å². The van der Waals surface area contributed by atoms with Gasteiger partial charge in [-0.05, 0) is 46.3 Å². The molecule has 1 aliphatic carbocycles. The van der Waals surface area contributed by atoms with Crippen LogP contribution in [0.4, 0.5) is 0 Å². The van der Waals surface area contributed by atoms with E-state index in [0.717, 1.165) is 10.5 Å². The maximum atomic E-state index is 3.37. The van der Waals surface area contributed by atoms with Crippen LogP contribution < -0.4 is 0 Å². The molecule has 1 heterocycles. The van der Waals surface area contributed by atoms with E-state index in [1.54, 1.807) is 0 Å². The van der Waals surface area contributed by atoms with Crippen LogP contribution in [-0.4, -0.2) is 4.98 Å². The largest absolute Gasteiger partial charge is 0.356 e. The predicted molar refractivity (Wildman–Crippen MR) is 40.5 cm³/mol. The number of H-pyrrole nitrogens is 1. The number of aromatic amines is 1. The van der Waals surface area contributed by atoms with Crippen LogP contribution >= 0.6 is 15.9 Å². The summed E-state index contributed by atoms with van der Waals surface area (Å²) in [6, 6.07) is 2.16. The minimum atomic E-state index is 0.868. The lowest BCUT2D eigenvalue weighted by molar-refractivity contribution is 1.13. The van der Waals surface area contributed by atoms with Crippen LogP contribution in [0.25, 0.3) is 0 Å². The fourth-order valence-corrected chi connectivity index (χ4v) is 1.41. The Kier molecular flexibility index (Phi) is 1.15. The summed E-state index contributed by atoms with van der Waals surface area (Å²) >= 11 is 3.37. The molecule has 0 bridgehead atoms. The molecule has 1 nitrogen and oxygen atoms in total. The first-order chi connectivity index (χ1) is 4.36. The van der Waals surface area contributed by atoms with Crippen LogP contribution in [0.5, 0.6) is 0 Å². The van der Waals surface area contributed by atoms with E-state index < -0.39 is 0 Å². The summed E-state index contributed by atoms with van der Waals surface area (Å²) in [7, 11) is 0. The van der Waals surface area contributed by atoms with Gasteiger partial charge in [0.25, 0.3) is 0 Å². The fourth-order valence-electron chi connectivity index (χ4n) is 1.03. The van der Waals surface area contributed by atoms with Gasteiger partial charge < -0.3 is 4.98 Å². The molecular formula is C7H8BrN. The van der Waals surface area contributed by atoms with Crippen molar-refractivity contribution in [2.75, 3.05) is 0 Å². The van der Waals surface area contributed by atoms with Crippen molar-refractivity contribution < 1.29 is 0 Å². The average molecular weight is 186 g/mol. The van der Waals surface area contributed by atoms with Crippen LogP contribution in [-0.2, 0) is 0 Å². The van der Waals surface area contributed by atoms with Crippen molar-refractivity contribution in [1.82, 2.24) is 4.98 Å². The number of hydrogen-bond acceptors (Lipinski definition) is 0. The van der Waals surface area contributed by atoms with Gasteiger partial charge >= 0.3 is 0 Å². The summed E-state index contributed by atoms with van der Waals surface area (Å²) < 4.78 is 1.10. The molecule has 0 unspecified atom stereocenters. The Labute approximate surface area is 62.6 Å². The Hall–Kier alpha value is -0.240. The third-order valence-corrected chi connectivity index (χ3v) is 2.18. The summed E-state index contributed by atoms with van der Waals surface area (Å²) in [6.07, 6.45) is 4.84. The molecule has 9 heavy (non-hydrogen) atoms. The maximum absolute atomic E-state index is 3.37. The molecule has 0 spiro atoms. The smallest absolute Gasteiger partial charge is 0.0822 e. The summed E-state index contributed by atoms with van der Waals surface area (Å²) in [4.78, 5) is 3.11. The number of nitrogens with one attached hydrogen (secondary N) is 1. The van der Waals surface area contributed by atoms with Crippen LogP contribution in [0.1, 0.15) is 24.3 Å². The molecule has 0 amide bonds. The van der Waals surface area contributed by atoms with E-state index in [1.807, 2.05) is 0 Å². The molecule has 2 rings (SSSR count). The highest BCUT2D eigenvalue weighted by atomic mass is 79.9. The van der Waals surface area contributed by atoms with Gasteiger partial charge in [-0.3, -0.25) is 0 Å². The third kappa shape index (κ3) is 1.04. The van der Waals surface area contributed by atoms with E-state index in [-0.39, 0.29) is 0 Å². The predicted octanol–water partition coefficient (Wildman–Crippen LogP) is 2.65. The Balaban J connectivity index is 2.28. The van der Waals surface area contributed by atoms with E-state index in [4.69, 9.17) is 0 Å². The second kappa shape index (κ2) is 1.87. The highest BCUT2D eigenvalue weighted by Gasteiger charge is 2.23. The molecule has 1 aliphatic rings. The van der Waals surface area contributed by atoms with Gasteiger partial charge in [-0.25, -0.2) is 0 Å². The van der Waals surface area contributed by atoms with Crippen LogP contribution in [0.3, 0.4) is 0 Å². The van der Waals surface area contributed by atoms with E-state index in [1.165, 1.54) is 18.4 Å². The second-order valence-electron chi connectivity index (χ2n) is 2.56. The number of halogens is 1. The molecule has 0 aromatic carbocycles. The van der Waals surface area contributed by atoms with Gasteiger partial charge in [0.05, 0.1) is 4.60 Å². The van der Waals surface area contributed by atoms with Gasteiger partial charge in [-0.2, -0.15) is 0 Å². The van der Waals surface area contributed by atoms with Gasteiger partial charge in [-0.1, -0.05) is 0 Å². The van der Waals surface area contributed by atoms with Gasteiger partial charge in [0.15, 0.2) is 0 Å². The first kappa shape index (κ1) is 5.54. The van der Waals surface area contributed by atoms with Crippen molar-refractivity contribution >= 4 is 15.9 Å². The average Bonchev–Trinajstić information content (AvgIpc) is 2.58. The minimum Gasteiger partial charge on any atom is -0.356 e. The zero-order valence-corrected chi connectivity index (χ0v) is 6.61. The maximum Gasteiger partial charge on any atom is 0.0822 e. The monoisotopic (exact) mass is 185 g/mol. The normalized spacial score (nSPS) is 18.3. The summed E-state index contributed by atoms with van der Waals surface area (Å²) in [5, 5.41) is 0. The molecule has 0 atom stereocenters. The lowest BCUT2D eigenvalue weighted by atomic mass is 10.2. The molecule has 1 saturated carbocycles. The molecule has 1 N–H and O–H groups in total. The molecular weight excluding hydrogens is 178 g/mol. The Morgan fingerprint density at radius 1 is 1.56 bits per heavy atom. The molecule has 48 valence electrons. The van der Waals surface area contributed by atoms with Crippen molar-refractivity contribution in [3.8, 4) is 0 Å². The molecule has 0 radical (unpaired) electrons. The Bertz CT molecular complexity index is 212. The lowest BCUT2D eigenvalue weighted by Gasteiger charge is -1.82. The molecule has 1 fully saturated rings. The standard InChI is InChI=1S/C7H8BrN/c8-7-3-6(4-9-7)5-1-2-5/h3-5,9H,1-2H2. The molecule has 1 aromatic rings. The van der Waals surface area contributed by atoms with Gasteiger partial charge in [0.2, 0.25) is 0 Å². The zero-order valence-electron chi connectivity index (χ0n) is 5.02. The number of rotatable bonds is 1. The van der Waals surface area contributed by atoms with Crippen molar-refractivity contribution in [3.05, 3.63) is 22.4 Å². The Morgan fingerprint density at radius 2 is 2.33 bits per heavy atom. The van der Waals surface area contributed by atoms with Gasteiger partial charge in [0, 0.05) is 6.20 Å². The van der Waals surface area contributed by atoms with E-state index in [0.29, 0.717) is 0 Å².